The van der Waals surface area contributed by atoms with Crippen molar-refractivity contribution < 1.29 is 0 Å². The molecule has 1 unspecified atom stereocenters. The summed E-state index contributed by atoms with van der Waals surface area (Å²) in [6, 6.07) is 4.84. The largest absolute Gasteiger partial charge is 0.347 e. The third-order valence-corrected chi connectivity index (χ3v) is 3.89. The molecule has 1 aromatic carbocycles. The van der Waals surface area contributed by atoms with Crippen LogP contribution in [0, 0.1) is 20.8 Å². The fraction of sp³-hybridized carbons (Fsp3) is 0.500. The lowest BCUT2D eigenvalue weighted by Gasteiger charge is -2.06. The Morgan fingerprint density at radius 3 is 2.50 bits per heavy atom. The summed E-state index contributed by atoms with van der Waals surface area (Å²) in [4.78, 5) is 0. The van der Waals surface area contributed by atoms with E-state index in [1.54, 1.807) is 0 Å². The standard InChI is InChI=1S/C16H24N2/c1-10-8-11(2)16-15(9-10)14(7-6-12(3)17)13(4)18(16)5/h8-9,12H,6-7,17H2,1-5H3. The average molecular weight is 244 g/mol. The quantitative estimate of drug-likeness (QED) is 0.881. The molecule has 1 atom stereocenters. The first-order valence-electron chi connectivity index (χ1n) is 6.72. The van der Waals surface area contributed by atoms with Crippen LogP contribution in [0.2, 0.25) is 0 Å². The highest BCUT2D eigenvalue weighted by Gasteiger charge is 2.14. The van der Waals surface area contributed by atoms with Gasteiger partial charge in [0.15, 0.2) is 0 Å². The van der Waals surface area contributed by atoms with Crippen molar-refractivity contribution in [3.8, 4) is 0 Å². The minimum atomic E-state index is 0.269. The van der Waals surface area contributed by atoms with Crippen LogP contribution in [0.3, 0.4) is 0 Å². The van der Waals surface area contributed by atoms with Gasteiger partial charge in [0, 0.05) is 24.2 Å². The van der Waals surface area contributed by atoms with Crippen molar-refractivity contribution in [2.24, 2.45) is 12.8 Å². The number of benzene rings is 1. The van der Waals surface area contributed by atoms with E-state index in [-0.39, 0.29) is 6.04 Å². The van der Waals surface area contributed by atoms with Crippen molar-refractivity contribution >= 4 is 10.9 Å². The van der Waals surface area contributed by atoms with Gasteiger partial charge >= 0.3 is 0 Å². The Morgan fingerprint density at radius 2 is 1.89 bits per heavy atom. The van der Waals surface area contributed by atoms with Gasteiger partial charge in [-0.15, -0.1) is 0 Å². The van der Waals surface area contributed by atoms with Gasteiger partial charge < -0.3 is 10.3 Å². The van der Waals surface area contributed by atoms with Crippen LogP contribution in [0.15, 0.2) is 12.1 Å². The molecule has 0 aliphatic heterocycles. The van der Waals surface area contributed by atoms with Crippen LogP contribution in [0.1, 0.15) is 35.7 Å². The highest BCUT2D eigenvalue weighted by atomic mass is 14.9. The fourth-order valence-electron chi connectivity index (χ4n) is 2.89. The van der Waals surface area contributed by atoms with Gasteiger partial charge in [-0.05, 0) is 57.7 Å². The monoisotopic (exact) mass is 244 g/mol. The lowest BCUT2D eigenvalue weighted by molar-refractivity contribution is 0.664. The van der Waals surface area contributed by atoms with E-state index in [0.29, 0.717) is 0 Å². The van der Waals surface area contributed by atoms with Gasteiger partial charge in [0.1, 0.15) is 0 Å². The van der Waals surface area contributed by atoms with E-state index < -0.39 is 0 Å². The molecular weight excluding hydrogens is 220 g/mol. The van der Waals surface area contributed by atoms with E-state index in [0.717, 1.165) is 12.8 Å². The number of rotatable bonds is 3. The molecule has 0 saturated carbocycles. The van der Waals surface area contributed by atoms with E-state index >= 15 is 0 Å². The zero-order chi connectivity index (χ0) is 13.4. The summed E-state index contributed by atoms with van der Waals surface area (Å²) in [6.45, 7) is 8.66. The van der Waals surface area contributed by atoms with Crippen LogP contribution in [-0.2, 0) is 13.5 Å². The maximum atomic E-state index is 5.89. The molecule has 98 valence electrons. The van der Waals surface area contributed by atoms with E-state index in [2.05, 4.69) is 51.4 Å². The molecule has 18 heavy (non-hydrogen) atoms. The number of hydrogen-bond acceptors (Lipinski definition) is 1. The molecule has 1 aromatic heterocycles. The molecule has 0 spiro atoms. The molecule has 0 aliphatic carbocycles. The molecule has 2 N–H and O–H groups in total. The number of nitrogens with two attached hydrogens (primary N) is 1. The van der Waals surface area contributed by atoms with Gasteiger partial charge in [-0.3, -0.25) is 0 Å². The topological polar surface area (TPSA) is 30.9 Å². The second-order valence-corrected chi connectivity index (χ2v) is 5.62. The Balaban J connectivity index is 2.61. The van der Waals surface area contributed by atoms with Crippen molar-refractivity contribution in [1.29, 1.82) is 0 Å². The molecule has 2 heteroatoms. The first kappa shape index (κ1) is 13.2. The molecule has 0 amide bonds. The fourth-order valence-corrected chi connectivity index (χ4v) is 2.89. The minimum Gasteiger partial charge on any atom is -0.347 e. The summed E-state index contributed by atoms with van der Waals surface area (Å²) in [7, 11) is 2.16. The molecule has 2 aromatic rings. The lowest BCUT2D eigenvalue weighted by atomic mass is 10.0. The Hall–Kier alpha value is -1.28. The molecule has 1 heterocycles. The van der Waals surface area contributed by atoms with Gasteiger partial charge in [0.2, 0.25) is 0 Å². The molecule has 0 aliphatic rings. The van der Waals surface area contributed by atoms with E-state index in [1.165, 1.54) is 33.3 Å². The second-order valence-electron chi connectivity index (χ2n) is 5.62. The Kier molecular flexibility index (Phi) is 3.49. The number of fused-ring (bicyclic) bond motifs is 1. The van der Waals surface area contributed by atoms with Gasteiger partial charge in [0.25, 0.3) is 0 Å². The third-order valence-electron chi connectivity index (χ3n) is 3.89. The van der Waals surface area contributed by atoms with Crippen LogP contribution in [0.25, 0.3) is 10.9 Å². The normalized spacial score (nSPS) is 13.2. The van der Waals surface area contributed by atoms with Crippen molar-refractivity contribution in [2.75, 3.05) is 0 Å². The average Bonchev–Trinajstić information content (AvgIpc) is 2.49. The Bertz CT molecular complexity index is 577. The first-order valence-corrected chi connectivity index (χ1v) is 6.72. The molecule has 0 bridgehead atoms. The summed E-state index contributed by atoms with van der Waals surface area (Å²) >= 11 is 0. The Morgan fingerprint density at radius 1 is 1.22 bits per heavy atom. The summed E-state index contributed by atoms with van der Waals surface area (Å²) in [5, 5.41) is 1.41. The smallest absolute Gasteiger partial charge is 0.0512 e. The second kappa shape index (κ2) is 4.77. The first-order chi connectivity index (χ1) is 8.41. The molecular formula is C16H24N2. The van der Waals surface area contributed by atoms with Gasteiger partial charge in [-0.1, -0.05) is 11.6 Å². The predicted octanol–water partition coefficient (Wildman–Crippen LogP) is 3.38. The van der Waals surface area contributed by atoms with Crippen molar-refractivity contribution in [3.05, 3.63) is 34.5 Å². The third kappa shape index (κ3) is 2.17. The molecule has 0 saturated heterocycles. The Labute approximate surface area is 110 Å². The van der Waals surface area contributed by atoms with Crippen LogP contribution >= 0.6 is 0 Å². The number of hydrogen-bond donors (Lipinski definition) is 1. The molecule has 2 rings (SSSR count). The maximum Gasteiger partial charge on any atom is 0.0512 e. The van der Waals surface area contributed by atoms with E-state index in [4.69, 9.17) is 5.73 Å². The summed E-state index contributed by atoms with van der Waals surface area (Å²) in [6.07, 6.45) is 2.12. The molecule has 2 nitrogen and oxygen atoms in total. The number of aromatic nitrogens is 1. The summed E-state index contributed by atoms with van der Waals surface area (Å²) in [5.74, 6) is 0. The van der Waals surface area contributed by atoms with Crippen molar-refractivity contribution in [3.63, 3.8) is 0 Å². The molecule has 0 radical (unpaired) electrons. The highest BCUT2D eigenvalue weighted by molar-refractivity contribution is 5.88. The zero-order valence-corrected chi connectivity index (χ0v) is 12.2. The highest BCUT2D eigenvalue weighted by Crippen LogP contribution is 2.29. The molecule has 0 fully saturated rings. The zero-order valence-electron chi connectivity index (χ0n) is 12.2. The van der Waals surface area contributed by atoms with Gasteiger partial charge in [-0.25, -0.2) is 0 Å². The number of aryl methyl sites for hydroxylation is 4. The van der Waals surface area contributed by atoms with Gasteiger partial charge in [-0.2, -0.15) is 0 Å². The lowest BCUT2D eigenvalue weighted by Crippen LogP contribution is -2.15. The minimum absolute atomic E-state index is 0.269. The predicted molar refractivity (Wildman–Crippen MR) is 79.1 cm³/mol. The van der Waals surface area contributed by atoms with Crippen LogP contribution in [0.5, 0.6) is 0 Å². The number of nitrogens with zero attached hydrogens (tertiary/aromatic N) is 1. The maximum absolute atomic E-state index is 5.89. The van der Waals surface area contributed by atoms with Crippen LogP contribution < -0.4 is 5.73 Å². The van der Waals surface area contributed by atoms with Crippen molar-refractivity contribution in [2.45, 2.75) is 46.6 Å². The van der Waals surface area contributed by atoms with Crippen LogP contribution in [-0.4, -0.2) is 10.6 Å². The van der Waals surface area contributed by atoms with Crippen molar-refractivity contribution in [1.82, 2.24) is 4.57 Å². The van der Waals surface area contributed by atoms with Crippen LogP contribution in [0.4, 0.5) is 0 Å². The van der Waals surface area contributed by atoms with Gasteiger partial charge in [0.05, 0.1) is 5.52 Å². The van der Waals surface area contributed by atoms with E-state index in [1.807, 2.05) is 0 Å². The van der Waals surface area contributed by atoms with E-state index in [9.17, 15) is 0 Å². The SMILES string of the molecule is Cc1cc(C)c2c(c1)c(CCC(C)N)c(C)n2C. The summed E-state index contributed by atoms with van der Waals surface area (Å²) in [5.41, 5.74) is 12.8. The summed E-state index contributed by atoms with van der Waals surface area (Å²) < 4.78 is 2.32.